The number of piperidine rings is 1. The number of carbonyl (C=O) groups is 1. The average molecular weight is 296 g/mol. The van der Waals surface area contributed by atoms with E-state index in [1.54, 1.807) is 4.90 Å². The normalized spacial score (nSPS) is 21.3. The molecule has 0 radical (unpaired) electrons. The first-order valence-electron chi connectivity index (χ1n) is 7.59. The highest BCUT2D eigenvalue weighted by Gasteiger charge is 2.30. The van der Waals surface area contributed by atoms with Crippen molar-refractivity contribution in [2.75, 3.05) is 13.1 Å². The van der Waals surface area contributed by atoms with Crippen LogP contribution in [-0.2, 0) is 4.74 Å². The lowest BCUT2D eigenvalue weighted by Gasteiger charge is -2.35. The highest BCUT2D eigenvalue weighted by atomic mass is 19.1. The van der Waals surface area contributed by atoms with Gasteiger partial charge in [0.25, 0.3) is 0 Å². The van der Waals surface area contributed by atoms with E-state index in [0.29, 0.717) is 25.2 Å². The van der Waals surface area contributed by atoms with E-state index in [-0.39, 0.29) is 17.8 Å². The largest absolute Gasteiger partial charge is 0.444 e. The lowest BCUT2D eigenvalue weighted by Crippen LogP contribution is -2.42. The van der Waals surface area contributed by atoms with Gasteiger partial charge in [-0.2, -0.15) is 0 Å². The lowest BCUT2D eigenvalue weighted by atomic mass is 9.84. The number of allylic oxidation sites excluding steroid dienone is 4. The number of hydrogen-bond acceptors (Lipinski definition) is 3. The summed E-state index contributed by atoms with van der Waals surface area (Å²) in [5, 5.41) is 0. The predicted molar refractivity (Wildman–Crippen MR) is 80.2 cm³/mol. The van der Waals surface area contributed by atoms with E-state index < -0.39 is 5.60 Å². The van der Waals surface area contributed by atoms with Gasteiger partial charge in [0.2, 0.25) is 0 Å². The fourth-order valence-corrected chi connectivity index (χ4v) is 2.86. The zero-order valence-electron chi connectivity index (χ0n) is 13.1. The van der Waals surface area contributed by atoms with Gasteiger partial charge in [0.15, 0.2) is 0 Å². The number of likely N-dealkylation sites (tertiary alicyclic amines) is 1. The third kappa shape index (κ3) is 4.22. The summed E-state index contributed by atoms with van der Waals surface area (Å²) in [6.45, 7) is 6.81. The van der Waals surface area contributed by atoms with Crippen LogP contribution in [0.4, 0.5) is 9.18 Å². The first-order valence-corrected chi connectivity index (χ1v) is 7.59. The Labute approximate surface area is 125 Å². The van der Waals surface area contributed by atoms with Crippen LogP contribution in [-0.4, -0.2) is 29.7 Å². The lowest BCUT2D eigenvalue weighted by molar-refractivity contribution is 0.0193. The maximum atomic E-state index is 14.0. The van der Waals surface area contributed by atoms with Crippen molar-refractivity contribution in [3.63, 3.8) is 0 Å². The molecule has 21 heavy (non-hydrogen) atoms. The zero-order chi connectivity index (χ0) is 15.6. The minimum absolute atomic E-state index is 0.172. The Bertz CT molecular complexity index is 469. The summed E-state index contributed by atoms with van der Waals surface area (Å²) in [4.78, 5) is 13.7. The molecule has 118 valence electrons. The third-order valence-corrected chi connectivity index (χ3v) is 3.94. The number of rotatable bonds is 1. The molecule has 0 atom stereocenters. The summed E-state index contributed by atoms with van der Waals surface area (Å²) in [7, 11) is 0. The van der Waals surface area contributed by atoms with Crippen molar-refractivity contribution >= 4 is 6.09 Å². The molecule has 1 amide bonds. The predicted octanol–water partition coefficient (Wildman–Crippen LogP) is 3.49. The molecule has 0 aromatic carbocycles. The van der Waals surface area contributed by atoms with Gasteiger partial charge in [0.05, 0.1) is 0 Å². The maximum absolute atomic E-state index is 14.0. The Morgan fingerprint density at radius 2 is 1.95 bits per heavy atom. The van der Waals surface area contributed by atoms with E-state index in [1.165, 1.54) is 6.08 Å². The molecule has 1 fully saturated rings. The second kappa shape index (κ2) is 6.08. The molecule has 0 bridgehead atoms. The minimum Gasteiger partial charge on any atom is -0.444 e. The molecule has 1 aliphatic heterocycles. The van der Waals surface area contributed by atoms with Gasteiger partial charge in [-0.15, -0.1) is 0 Å². The highest BCUT2D eigenvalue weighted by Crippen LogP contribution is 2.34. The third-order valence-electron chi connectivity index (χ3n) is 3.94. The monoisotopic (exact) mass is 296 g/mol. The Balaban J connectivity index is 1.92. The molecule has 0 unspecified atom stereocenters. The summed E-state index contributed by atoms with van der Waals surface area (Å²) >= 11 is 0. The van der Waals surface area contributed by atoms with E-state index in [1.807, 2.05) is 20.8 Å². The smallest absolute Gasteiger partial charge is 0.410 e. The number of hydrogen-bond donors (Lipinski definition) is 1. The molecular weight excluding hydrogens is 271 g/mol. The van der Waals surface area contributed by atoms with Crippen LogP contribution in [0.5, 0.6) is 0 Å². The second-order valence-corrected chi connectivity index (χ2v) is 6.83. The zero-order valence-corrected chi connectivity index (χ0v) is 13.1. The molecule has 1 aliphatic carbocycles. The molecule has 2 rings (SSSR count). The van der Waals surface area contributed by atoms with Crippen molar-refractivity contribution in [2.45, 2.75) is 52.1 Å². The average Bonchev–Trinajstić information content (AvgIpc) is 2.37. The highest BCUT2D eigenvalue weighted by molar-refractivity contribution is 5.68. The van der Waals surface area contributed by atoms with Crippen LogP contribution in [0.1, 0.15) is 46.5 Å². The number of carbonyl (C=O) groups excluding carboxylic acids is 1. The van der Waals surface area contributed by atoms with Crippen molar-refractivity contribution in [1.82, 2.24) is 4.90 Å². The maximum Gasteiger partial charge on any atom is 0.410 e. The van der Waals surface area contributed by atoms with Crippen molar-refractivity contribution in [3.8, 4) is 0 Å². The van der Waals surface area contributed by atoms with E-state index in [2.05, 4.69) is 0 Å². The van der Waals surface area contributed by atoms with Crippen molar-refractivity contribution in [3.05, 3.63) is 23.2 Å². The van der Waals surface area contributed by atoms with Gasteiger partial charge >= 0.3 is 6.09 Å². The van der Waals surface area contributed by atoms with Crippen LogP contribution in [0.2, 0.25) is 0 Å². The molecule has 0 aromatic heterocycles. The molecule has 1 heterocycles. The molecule has 2 aliphatic rings. The first-order chi connectivity index (χ1) is 9.76. The number of amides is 1. The first kappa shape index (κ1) is 15.9. The van der Waals surface area contributed by atoms with Gasteiger partial charge < -0.3 is 15.4 Å². The Morgan fingerprint density at radius 3 is 2.48 bits per heavy atom. The van der Waals surface area contributed by atoms with E-state index in [0.717, 1.165) is 24.8 Å². The molecule has 0 aromatic rings. The molecule has 0 saturated carbocycles. The molecule has 1 saturated heterocycles. The van der Waals surface area contributed by atoms with Crippen molar-refractivity contribution < 1.29 is 13.9 Å². The quantitative estimate of drug-likeness (QED) is 0.806. The van der Waals surface area contributed by atoms with Gasteiger partial charge in [-0.3, -0.25) is 0 Å². The summed E-state index contributed by atoms with van der Waals surface area (Å²) in [5.41, 5.74) is 6.66. The fourth-order valence-electron chi connectivity index (χ4n) is 2.86. The molecule has 5 heteroatoms. The standard InChI is InChI=1S/C16H25FN2O2/c1-16(2,3)21-15(20)19-8-6-11(7-9-19)13-5-4-12(18)10-14(13)17/h10-11H,4-9,18H2,1-3H3. The summed E-state index contributed by atoms with van der Waals surface area (Å²) in [5.74, 6) is 0.0440. The number of halogens is 1. The van der Waals surface area contributed by atoms with Crippen LogP contribution in [0.25, 0.3) is 0 Å². The SMILES string of the molecule is CC(C)(C)OC(=O)N1CCC(C2=C(F)C=C(N)CC2)CC1. The topological polar surface area (TPSA) is 55.6 Å². The fraction of sp³-hybridized carbons (Fsp3) is 0.688. The van der Waals surface area contributed by atoms with Crippen LogP contribution in [0.15, 0.2) is 23.2 Å². The van der Waals surface area contributed by atoms with Crippen LogP contribution >= 0.6 is 0 Å². The van der Waals surface area contributed by atoms with Gasteiger partial charge in [-0.1, -0.05) is 0 Å². The number of nitrogens with zero attached hydrogens (tertiary/aromatic N) is 1. The molecule has 0 spiro atoms. The second-order valence-electron chi connectivity index (χ2n) is 6.83. The molecule has 4 nitrogen and oxygen atoms in total. The van der Waals surface area contributed by atoms with E-state index in [4.69, 9.17) is 10.5 Å². The summed E-state index contributed by atoms with van der Waals surface area (Å²) < 4.78 is 19.3. The summed E-state index contributed by atoms with van der Waals surface area (Å²) in [6, 6.07) is 0. The van der Waals surface area contributed by atoms with E-state index in [9.17, 15) is 9.18 Å². The van der Waals surface area contributed by atoms with Crippen molar-refractivity contribution in [2.24, 2.45) is 11.7 Å². The molecule has 2 N–H and O–H groups in total. The van der Waals surface area contributed by atoms with Crippen molar-refractivity contribution in [1.29, 1.82) is 0 Å². The van der Waals surface area contributed by atoms with Gasteiger partial charge in [0.1, 0.15) is 11.4 Å². The summed E-state index contributed by atoms with van der Waals surface area (Å²) in [6.07, 6.45) is 4.17. The van der Waals surface area contributed by atoms with Gasteiger partial charge in [-0.05, 0) is 64.0 Å². The van der Waals surface area contributed by atoms with Gasteiger partial charge in [-0.25, -0.2) is 9.18 Å². The van der Waals surface area contributed by atoms with Gasteiger partial charge in [0, 0.05) is 18.8 Å². The Morgan fingerprint density at radius 1 is 1.33 bits per heavy atom. The molecular formula is C16H25FN2O2. The number of nitrogens with two attached hydrogens (primary N) is 1. The van der Waals surface area contributed by atoms with Crippen LogP contribution in [0, 0.1) is 5.92 Å². The number of ether oxygens (including phenoxy) is 1. The Kier molecular flexibility index (Phi) is 4.59. The van der Waals surface area contributed by atoms with Crippen LogP contribution in [0.3, 0.4) is 0 Å². The van der Waals surface area contributed by atoms with E-state index >= 15 is 0 Å². The minimum atomic E-state index is -0.478. The Hall–Kier alpha value is -1.52. The van der Waals surface area contributed by atoms with Crippen LogP contribution < -0.4 is 5.73 Å².